The lowest BCUT2D eigenvalue weighted by atomic mass is 9.97. The highest BCUT2D eigenvalue weighted by Gasteiger charge is 2.37. The van der Waals surface area contributed by atoms with Gasteiger partial charge in [-0.15, -0.1) is 6.42 Å². The van der Waals surface area contributed by atoms with Crippen LogP contribution in [0.15, 0.2) is 54.6 Å². The molecule has 2 unspecified atom stereocenters. The van der Waals surface area contributed by atoms with Crippen molar-refractivity contribution >= 4 is 29.7 Å². The zero-order chi connectivity index (χ0) is 28.1. The van der Waals surface area contributed by atoms with Gasteiger partial charge in [-0.05, 0) is 56.4 Å². The summed E-state index contributed by atoms with van der Waals surface area (Å²) in [7, 11) is 0. The summed E-state index contributed by atoms with van der Waals surface area (Å²) in [6.07, 6.45) is 7.12. The first-order chi connectivity index (χ1) is 18.1. The molecule has 2 aromatic carbocycles. The van der Waals surface area contributed by atoms with Crippen LogP contribution in [0.1, 0.15) is 49.9 Å². The summed E-state index contributed by atoms with van der Waals surface area (Å²) in [5, 5.41) is 15.2. The molecule has 9 heteroatoms. The third-order valence-electron chi connectivity index (χ3n) is 5.40. The molecule has 0 aliphatic heterocycles. The Morgan fingerprint density at radius 1 is 1.11 bits per heavy atom. The quantitative estimate of drug-likeness (QED) is 0.333. The van der Waals surface area contributed by atoms with Gasteiger partial charge < -0.3 is 20.3 Å². The summed E-state index contributed by atoms with van der Waals surface area (Å²) in [6.45, 7) is 4.98. The molecule has 0 radical (unpaired) electrons. The molecule has 2 aromatic rings. The van der Waals surface area contributed by atoms with Crippen LogP contribution < -0.4 is 10.6 Å². The molecular formula is C29H34N4O4S. The van der Waals surface area contributed by atoms with Crippen LogP contribution in [0, 0.1) is 23.7 Å². The molecule has 0 saturated heterocycles. The van der Waals surface area contributed by atoms with Gasteiger partial charge in [-0.3, -0.25) is 9.59 Å². The zero-order valence-electron chi connectivity index (χ0n) is 22.2. The van der Waals surface area contributed by atoms with Crippen LogP contribution in [-0.4, -0.2) is 53.0 Å². The Hall–Kier alpha value is -3.95. The number of amides is 3. The van der Waals surface area contributed by atoms with Gasteiger partial charge in [-0.2, -0.15) is 17.0 Å². The summed E-state index contributed by atoms with van der Waals surface area (Å²) in [4.78, 5) is 41.3. The maximum atomic E-state index is 13.9. The van der Waals surface area contributed by atoms with Gasteiger partial charge in [0, 0.05) is 12.1 Å². The lowest BCUT2D eigenvalue weighted by Gasteiger charge is -2.33. The van der Waals surface area contributed by atoms with Gasteiger partial charge in [0.05, 0.1) is 6.07 Å². The van der Waals surface area contributed by atoms with Crippen molar-refractivity contribution in [3.05, 3.63) is 71.3 Å². The second-order valence-electron chi connectivity index (χ2n) is 9.44. The van der Waals surface area contributed by atoms with Crippen molar-refractivity contribution in [2.45, 2.75) is 51.4 Å². The number of benzene rings is 2. The number of carbonyl (C=O) groups is 3. The molecule has 2 rings (SSSR count). The van der Waals surface area contributed by atoms with E-state index in [1.165, 1.54) is 16.7 Å². The van der Waals surface area contributed by atoms with Crippen molar-refractivity contribution in [1.29, 1.82) is 5.26 Å². The van der Waals surface area contributed by atoms with E-state index < -0.39 is 42.1 Å². The number of nitrogens with zero attached hydrogens (tertiary/aromatic N) is 2. The lowest BCUT2D eigenvalue weighted by Crippen LogP contribution is -2.53. The third-order valence-corrected chi connectivity index (χ3v) is 6.05. The predicted molar refractivity (Wildman–Crippen MR) is 149 cm³/mol. The standard InChI is InChI=1S/C29H34N4O4S/c1-6-22-14-10-11-15-23(22)25(26(34)31-20-21-12-8-7-9-13-21)33(18-17-30)27(35)24(16-19-38-5)32-28(36)37-29(2,3)4/h1,7-15,24-25H,16,18-20H2,2-5H3,(H,31,34)(H,32,36). The summed E-state index contributed by atoms with van der Waals surface area (Å²) in [5.41, 5.74) is 0.927. The number of alkyl carbamates (subject to hydrolysis) is 1. The van der Waals surface area contributed by atoms with Crippen LogP contribution in [0.3, 0.4) is 0 Å². The van der Waals surface area contributed by atoms with E-state index in [9.17, 15) is 19.6 Å². The molecule has 0 saturated carbocycles. The minimum Gasteiger partial charge on any atom is -0.444 e. The van der Waals surface area contributed by atoms with E-state index in [0.717, 1.165) is 5.56 Å². The summed E-state index contributed by atoms with van der Waals surface area (Å²) in [6, 6.07) is 15.9. The van der Waals surface area contributed by atoms with Crippen LogP contribution in [0.25, 0.3) is 0 Å². The highest BCUT2D eigenvalue weighted by Crippen LogP contribution is 2.26. The smallest absolute Gasteiger partial charge is 0.408 e. The third kappa shape index (κ3) is 9.17. The van der Waals surface area contributed by atoms with Crippen LogP contribution in [0.5, 0.6) is 0 Å². The van der Waals surface area contributed by atoms with E-state index in [-0.39, 0.29) is 13.0 Å². The highest BCUT2D eigenvalue weighted by atomic mass is 32.2. The first kappa shape index (κ1) is 30.3. The maximum absolute atomic E-state index is 13.9. The second kappa shape index (κ2) is 14.7. The van der Waals surface area contributed by atoms with Crippen LogP contribution in [-0.2, 0) is 20.9 Å². The average molecular weight is 535 g/mol. The molecule has 200 valence electrons. The Morgan fingerprint density at radius 2 is 1.76 bits per heavy atom. The Bertz CT molecular complexity index is 1180. The van der Waals surface area contributed by atoms with Gasteiger partial charge >= 0.3 is 6.09 Å². The number of nitrogens with one attached hydrogen (secondary N) is 2. The van der Waals surface area contributed by atoms with Crippen molar-refractivity contribution < 1.29 is 19.1 Å². The Labute approximate surface area is 229 Å². The van der Waals surface area contributed by atoms with E-state index in [4.69, 9.17) is 11.2 Å². The Morgan fingerprint density at radius 3 is 2.37 bits per heavy atom. The number of hydrogen-bond donors (Lipinski definition) is 2. The molecule has 0 aliphatic rings. The number of rotatable bonds is 11. The molecule has 0 spiro atoms. The monoisotopic (exact) mass is 534 g/mol. The van der Waals surface area contributed by atoms with Crippen LogP contribution in [0.4, 0.5) is 4.79 Å². The van der Waals surface area contributed by atoms with Crippen molar-refractivity contribution in [3.8, 4) is 18.4 Å². The largest absolute Gasteiger partial charge is 0.444 e. The molecule has 0 aromatic heterocycles. The number of terminal acetylenes is 1. The average Bonchev–Trinajstić information content (AvgIpc) is 2.89. The molecule has 2 atom stereocenters. The summed E-state index contributed by atoms with van der Waals surface area (Å²) >= 11 is 1.50. The first-order valence-corrected chi connectivity index (χ1v) is 13.5. The fourth-order valence-electron chi connectivity index (χ4n) is 3.71. The van der Waals surface area contributed by atoms with Gasteiger partial charge in [-0.25, -0.2) is 4.79 Å². The van der Waals surface area contributed by atoms with Crippen molar-refractivity contribution in [1.82, 2.24) is 15.5 Å². The summed E-state index contributed by atoms with van der Waals surface area (Å²) in [5.74, 6) is 2.04. The number of ether oxygens (including phenoxy) is 1. The topological polar surface area (TPSA) is 112 Å². The van der Waals surface area contributed by atoms with E-state index in [0.29, 0.717) is 16.9 Å². The van der Waals surface area contributed by atoms with Crippen LogP contribution in [0.2, 0.25) is 0 Å². The fraction of sp³-hybridized carbons (Fsp3) is 0.379. The maximum Gasteiger partial charge on any atom is 0.408 e. The normalized spacial score (nSPS) is 12.3. The molecule has 0 bridgehead atoms. The molecule has 2 N–H and O–H groups in total. The first-order valence-electron chi connectivity index (χ1n) is 12.1. The predicted octanol–water partition coefficient (Wildman–Crippen LogP) is 4.02. The van der Waals surface area contributed by atoms with Crippen molar-refractivity contribution in [2.75, 3.05) is 18.6 Å². The van der Waals surface area contributed by atoms with Gasteiger partial charge in [0.25, 0.3) is 0 Å². The number of thioether (sulfide) groups is 1. The minimum atomic E-state index is -1.20. The van der Waals surface area contributed by atoms with Crippen molar-refractivity contribution in [2.24, 2.45) is 0 Å². The van der Waals surface area contributed by atoms with E-state index in [2.05, 4.69) is 16.6 Å². The molecule has 0 fully saturated rings. The van der Waals surface area contributed by atoms with Gasteiger partial charge in [0.15, 0.2) is 0 Å². The highest BCUT2D eigenvalue weighted by molar-refractivity contribution is 7.98. The number of hydrogen-bond acceptors (Lipinski definition) is 6. The Kier molecular flexibility index (Phi) is 11.7. The van der Waals surface area contributed by atoms with E-state index >= 15 is 0 Å². The summed E-state index contributed by atoms with van der Waals surface area (Å²) < 4.78 is 5.36. The minimum absolute atomic E-state index is 0.217. The number of nitriles is 1. The zero-order valence-corrected chi connectivity index (χ0v) is 23.0. The molecule has 3 amide bonds. The number of carbonyl (C=O) groups excluding carboxylic acids is 3. The molecular weight excluding hydrogens is 500 g/mol. The molecule has 0 aliphatic carbocycles. The fourth-order valence-corrected chi connectivity index (χ4v) is 4.19. The Balaban J connectivity index is 2.48. The van der Waals surface area contributed by atoms with Gasteiger partial charge in [0.1, 0.15) is 24.2 Å². The van der Waals surface area contributed by atoms with Crippen LogP contribution >= 0.6 is 11.8 Å². The SMILES string of the molecule is C#Cc1ccccc1C(C(=O)NCc1ccccc1)N(CC#N)C(=O)C(CCSC)NC(=O)OC(C)(C)C. The molecule has 38 heavy (non-hydrogen) atoms. The second-order valence-corrected chi connectivity index (χ2v) is 10.4. The van der Waals surface area contributed by atoms with Gasteiger partial charge in [0.2, 0.25) is 11.8 Å². The van der Waals surface area contributed by atoms with E-state index in [1.807, 2.05) is 42.7 Å². The lowest BCUT2D eigenvalue weighted by molar-refractivity contribution is -0.141. The van der Waals surface area contributed by atoms with Gasteiger partial charge in [-0.1, -0.05) is 54.5 Å². The molecule has 8 nitrogen and oxygen atoms in total. The van der Waals surface area contributed by atoms with E-state index in [1.54, 1.807) is 45.0 Å². The molecule has 0 heterocycles. The van der Waals surface area contributed by atoms with Crippen molar-refractivity contribution in [3.63, 3.8) is 0 Å².